The van der Waals surface area contributed by atoms with Gasteiger partial charge in [0.15, 0.2) is 0 Å². The number of carbonyl (C=O) groups excluding carboxylic acids is 1. The van der Waals surface area contributed by atoms with Gasteiger partial charge in [0.25, 0.3) is 5.91 Å². The van der Waals surface area contributed by atoms with E-state index in [9.17, 15) is 10.1 Å². The Hall–Kier alpha value is -2.30. The van der Waals surface area contributed by atoms with Crippen LogP contribution in [-0.4, -0.2) is 19.1 Å². The van der Waals surface area contributed by atoms with Gasteiger partial charge in [-0.1, -0.05) is 6.07 Å². The quantitative estimate of drug-likeness (QED) is 0.422. The van der Waals surface area contributed by atoms with Crippen molar-refractivity contribution in [3.63, 3.8) is 0 Å². The third-order valence-electron chi connectivity index (χ3n) is 3.36. The van der Waals surface area contributed by atoms with E-state index in [1.54, 1.807) is 37.4 Å². The van der Waals surface area contributed by atoms with Crippen LogP contribution in [0.5, 0.6) is 11.5 Å². The summed E-state index contributed by atoms with van der Waals surface area (Å²) in [6.07, 6.45) is 1.54. The van der Waals surface area contributed by atoms with Gasteiger partial charge >= 0.3 is 0 Å². The molecule has 140 valence electrons. The number of nitrogens with one attached hydrogen (secondary N) is 1. The molecule has 0 aliphatic heterocycles. The van der Waals surface area contributed by atoms with Crippen molar-refractivity contribution in [2.24, 2.45) is 0 Å². The number of benzene rings is 2. The molecular formula is C20H18Br2N2O3. The third kappa shape index (κ3) is 5.84. The van der Waals surface area contributed by atoms with Gasteiger partial charge < -0.3 is 14.8 Å². The van der Waals surface area contributed by atoms with Crippen molar-refractivity contribution in [1.82, 2.24) is 0 Å². The molecule has 0 unspecified atom stereocenters. The second kappa shape index (κ2) is 9.58. The number of rotatable bonds is 6. The van der Waals surface area contributed by atoms with Crippen LogP contribution in [0.1, 0.15) is 19.4 Å². The summed E-state index contributed by atoms with van der Waals surface area (Å²) in [5.41, 5.74) is 1.21. The first kappa shape index (κ1) is 21.0. The number of hydrogen-bond acceptors (Lipinski definition) is 4. The fourth-order valence-electron chi connectivity index (χ4n) is 2.29. The molecule has 0 aromatic heterocycles. The Kier molecular flexibility index (Phi) is 7.45. The minimum atomic E-state index is -0.498. The van der Waals surface area contributed by atoms with Crippen molar-refractivity contribution in [2.45, 2.75) is 20.0 Å². The molecule has 0 bridgehead atoms. The Morgan fingerprint density at radius 2 is 1.89 bits per heavy atom. The van der Waals surface area contributed by atoms with Crippen LogP contribution < -0.4 is 14.8 Å². The molecule has 2 aromatic rings. The molecule has 0 saturated carbocycles. The molecule has 7 heteroatoms. The standard InChI is InChI=1S/C20H18Br2N2O3/c1-12(2)27-16-6-4-5-15(10-16)24-20(25)14(11-23)7-13-8-17(21)19(26-3)18(22)9-13/h4-10,12H,1-3H3,(H,24,25)/b14-7-. The number of methoxy groups -OCH3 is 1. The van der Waals surface area contributed by atoms with Gasteiger partial charge in [-0.15, -0.1) is 0 Å². The van der Waals surface area contributed by atoms with Gasteiger partial charge in [0.1, 0.15) is 23.1 Å². The summed E-state index contributed by atoms with van der Waals surface area (Å²) in [7, 11) is 1.56. The van der Waals surface area contributed by atoms with E-state index in [4.69, 9.17) is 9.47 Å². The number of anilines is 1. The molecule has 0 radical (unpaired) electrons. The molecule has 1 N–H and O–H groups in total. The Morgan fingerprint density at radius 1 is 1.22 bits per heavy atom. The Balaban J connectivity index is 2.24. The Morgan fingerprint density at radius 3 is 2.44 bits per heavy atom. The highest BCUT2D eigenvalue weighted by atomic mass is 79.9. The molecule has 2 aromatic carbocycles. The van der Waals surface area contributed by atoms with Crippen LogP contribution in [0.3, 0.4) is 0 Å². The Labute approximate surface area is 175 Å². The second-order valence-electron chi connectivity index (χ2n) is 5.84. The average molecular weight is 494 g/mol. The molecular weight excluding hydrogens is 476 g/mol. The highest BCUT2D eigenvalue weighted by Crippen LogP contribution is 2.35. The van der Waals surface area contributed by atoms with E-state index in [0.29, 0.717) is 31.7 Å². The van der Waals surface area contributed by atoms with Crippen molar-refractivity contribution in [3.05, 3.63) is 56.5 Å². The Bertz CT molecular complexity index is 895. The number of carbonyl (C=O) groups is 1. The summed E-state index contributed by atoms with van der Waals surface area (Å²) in [5.74, 6) is 0.785. The minimum absolute atomic E-state index is 0.0193. The number of amides is 1. The van der Waals surface area contributed by atoms with E-state index < -0.39 is 5.91 Å². The number of ether oxygens (including phenoxy) is 2. The van der Waals surface area contributed by atoms with Gasteiger partial charge in [0.2, 0.25) is 0 Å². The first-order valence-electron chi connectivity index (χ1n) is 8.07. The summed E-state index contributed by atoms with van der Waals surface area (Å²) >= 11 is 6.81. The molecule has 0 fully saturated rings. The fraction of sp³-hybridized carbons (Fsp3) is 0.200. The van der Waals surface area contributed by atoms with Gasteiger partial charge in [-0.2, -0.15) is 5.26 Å². The van der Waals surface area contributed by atoms with Crippen LogP contribution in [0, 0.1) is 11.3 Å². The molecule has 0 aliphatic rings. The average Bonchev–Trinajstić information content (AvgIpc) is 2.59. The van der Waals surface area contributed by atoms with Gasteiger partial charge in [0.05, 0.1) is 22.2 Å². The van der Waals surface area contributed by atoms with E-state index in [-0.39, 0.29) is 11.7 Å². The summed E-state index contributed by atoms with van der Waals surface area (Å²) in [5, 5.41) is 12.1. The van der Waals surface area contributed by atoms with Crippen LogP contribution in [0.15, 0.2) is 50.9 Å². The van der Waals surface area contributed by atoms with Crippen molar-refractivity contribution in [2.75, 3.05) is 12.4 Å². The maximum absolute atomic E-state index is 12.5. The smallest absolute Gasteiger partial charge is 0.266 e. The molecule has 2 rings (SSSR count). The SMILES string of the molecule is COc1c(Br)cc(/C=C(/C#N)C(=O)Nc2cccc(OC(C)C)c2)cc1Br. The van der Waals surface area contributed by atoms with Crippen molar-refractivity contribution >= 4 is 49.5 Å². The second-order valence-corrected chi connectivity index (χ2v) is 7.54. The van der Waals surface area contributed by atoms with Gasteiger partial charge in [-0.05, 0) is 81.6 Å². The first-order valence-corrected chi connectivity index (χ1v) is 9.65. The van der Waals surface area contributed by atoms with Crippen molar-refractivity contribution < 1.29 is 14.3 Å². The molecule has 0 spiro atoms. The van der Waals surface area contributed by atoms with Gasteiger partial charge in [0, 0.05) is 11.8 Å². The zero-order chi connectivity index (χ0) is 20.0. The molecule has 1 amide bonds. The van der Waals surface area contributed by atoms with E-state index in [0.717, 1.165) is 0 Å². The van der Waals surface area contributed by atoms with Crippen LogP contribution >= 0.6 is 31.9 Å². The van der Waals surface area contributed by atoms with Gasteiger partial charge in [-0.25, -0.2) is 0 Å². The lowest BCUT2D eigenvalue weighted by atomic mass is 10.1. The van der Waals surface area contributed by atoms with Crippen molar-refractivity contribution in [3.8, 4) is 17.6 Å². The van der Waals surface area contributed by atoms with E-state index in [1.165, 1.54) is 6.08 Å². The number of nitrogens with zero attached hydrogens (tertiary/aromatic N) is 1. The monoisotopic (exact) mass is 492 g/mol. The van der Waals surface area contributed by atoms with Crippen LogP contribution in [0.4, 0.5) is 5.69 Å². The molecule has 27 heavy (non-hydrogen) atoms. The van der Waals surface area contributed by atoms with Gasteiger partial charge in [-0.3, -0.25) is 4.79 Å². The zero-order valence-electron chi connectivity index (χ0n) is 15.0. The van der Waals surface area contributed by atoms with E-state index in [1.807, 2.05) is 26.0 Å². The molecule has 5 nitrogen and oxygen atoms in total. The zero-order valence-corrected chi connectivity index (χ0v) is 18.2. The lowest BCUT2D eigenvalue weighted by Crippen LogP contribution is -2.13. The minimum Gasteiger partial charge on any atom is -0.494 e. The lowest BCUT2D eigenvalue weighted by Gasteiger charge is -2.11. The highest BCUT2D eigenvalue weighted by molar-refractivity contribution is 9.11. The number of halogens is 2. The largest absolute Gasteiger partial charge is 0.494 e. The first-order chi connectivity index (χ1) is 12.8. The van der Waals surface area contributed by atoms with E-state index >= 15 is 0 Å². The topological polar surface area (TPSA) is 71.3 Å². The van der Waals surface area contributed by atoms with E-state index in [2.05, 4.69) is 37.2 Å². The third-order valence-corrected chi connectivity index (χ3v) is 4.54. The maximum atomic E-state index is 12.5. The highest BCUT2D eigenvalue weighted by Gasteiger charge is 2.12. The summed E-state index contributed by atoms with van der Waals surface area (Å²) in [6, 6.07) is 12.5. The summed E-state index contributed by atoms with van der Waals surface area (Å²) in [4.78, 5) is 12.5. The normalized spacial score (nSPS) is 11.1. The fourth-order valence-corrected chi connectivity index (χ4v) is 3.84. The maximum Gasteiger partial charge on any atom is 0.266 e. The van der Waals surface area contributed by atoms with Crippen molar-refractivity contribution in [1.29, 1.82) is 5.26 Å². The predicted molar refractivity (Wildman–Crippen MR) is 113 cm³/mol. The molecule has 0 heterocycles. The van der Waals surface area contributed by atoms with Crippen LogP contribution in [-0.2, 0) is 4.79 Å². The predicted octanol–water partition coefficient (Wildman–Crippen LogP) is 5.55. The lowest BCUT2D eigenvalue weighted by molar-refractivity contribution is -0.112. The number of nitriles is 1. The van der Waals surface area contributed by atoms with Crippen LogP contribution in [0.2, 0.25) is 0 Å². The molecule has 0 saturated heterocycles. The number of hydrogen-bond donors (Lipinski definition) is 1. The summed E-state index contributed by atoms with van der Waals surface area (Å²) in [6.45, 7) is 3.85. The van der Waals surface area contributed by atoms with Crippen LogP contribution in [0.25, 0.3) is 6.08 Å². The molecule has 0 aliphatic carbocycles. The molecule has 0 atom stereocenters. The summed E-state index contributed by atoms with van der Waals surface area (Å²) < 4.78 is 12.3.